The molecule has 4 nitrogen and oxygen atoms in total. The Morgan fingerprint density at radius 3 is 3.00 bits per heavy atom. The van der Waals surface area contributed by atoms with E-state index in [1.54, 1.807) is 0 Å². The molecule has 0 aliphatic rings. The third-order valence-electron chi connectivity index (χ3n) is 2.49. The SMILES string of the molecule is CCC(CNCCc1cc[nH]c1)C(=O)O. The third-order valence-corrected chi connectivity index (χ3v) is 2.49. The van der Waals surface area contributed by atoms with Crippen LogP contribution >= 0.6 is 0 Å². The number of carboxylic acids is 1. The maximum atomic E-state index is 10.7. The molecule has 3 N–H and O–H groups in total. The number of carboxylic acid groups (broad SMARTS) is 1. The predicted molar refractivity (Wildman–Crippen MR) is 58.8 cm³/mol. The molecule has 0 amide bonds. The van der Waals surface area contributed by atoms with Crippen molar-refractivity contribution in [2.24, 2.45) is 5.92 Å². The van der Waals surface area contributed by atoms with Gasteiger partial charge < -0.3 is 15.4 Å². The fraction of sp³-hybridized carbons (Fsp3) is 0.545. The van der Waals surface area contributed by atoms with Crippen LogP contribution in [0.3, 0.4) is 0 Å². The van der Waals surface area contributed by atoms with Gasteiger partial charge in [-0.3, -0.25) is 4.79 Å². The van der Waals surface area contributed by atoms with Crippen LogP contribution in [0, 0.1) is 5.92 Å². The van der Waals surface area contributed by atoms with Gasteiger partial charge in [0.15, 0.2) is 0 Å². The van der Waals surface area contributed by atoms with Crippen molar-refractivity contribution in [1.29, 1.82) is 0 Å². The number of aromatic amines is 1. The van der Waals surface area contributed by atoms with Gasteiger partial charge in [0.05, 0.1) is 5.92 Å². The fourth-order valence-electron chi connectivity index (χ4n) is 1.43. The van der Waals surface area contributed by atoms with Crippen molar-refractivity contribution in [2.75, 3.05) is 13.1 Å². The maximum Gasteiger partial charge on any atom is 0.307 e. The number of aliphatic carboxylic acids is 1. The summed E-state index contributed by atoms with van der Waals surface area (Å²) in [6.07, 6.45) is 5.45. The highest BCUT2D eigenvalue weighted by Crippen LogP contribution is 2.01. The van der Waals surface area contributed by atoms with Gasteiger partial charge in [-0.1, -0.05) is 6.92 Å². The van der Waals surface area contributed by atoms with Crippen molar-refractivity contribution < 1.29 is 9.90 Å². The molecule has 4 heteroatoms. The Morgan fingerprint density at radius 2 is 2.47 bits per heavy atom. The summed E-state index contributed by atoms with van der Waals surface area (Å²) in [4.78, 5) is 13.7. The van der Waals surface area contributed by atoms with Crippen LogP contribution in [-0.2, 0) is 11.2 Å². The molecule has 0 fully saturated rings. The summed E-state index contributed by atoms with van der Waals surface area (Å²) in [5.41, 5.74) is 1.24. The molecule has 0 saturated heterocycles. The highest BCUT2D eigenvalue weighted by atomic mass is 16.4. The van der Waals surface area contributed by atoms with E-state index in [0.717, 1.165) is 13.0 Å². The van der Waals surface area contributed by atoms with E-state index < -0.39 is 5.97 Å². The third kappa shape index (κ3) is 4.16. The molecule has 1 heterocycles. The molecule has 0 aliphatic carbocycles. The Labute approximate surface area is 89.7 Å². The van der Waals surface area contributed by atoms with Crippen molar-refractivity contribution in [3.8, 4) is 0 Å². The molecule has 0 aromatic carbocycles. The van der Waals surface area contributed by atoms with Gasteiger partial charge in [-0.25, -0.2) is 0 Å². The minimum Gasteiger partial charge on any atom is -0.481 e. The van der Waals surface area contributed by atoms with Crippen LogP contribution in [0.4, 0.5) is 0 Å². The largest absolute Gasteiger partial charge is 0.481 e. The lowest BCUT2D eigenvalue weighted by atomic mass is 10.1. The lowest BCUT2D eigenvalue weighted by Crippen LogP contribution is -2.29. The molecule has 0 bridgehead atoms. The van der Waals surface area contributed by atoms with E-state index in [1.165, 1.54) is 5.56 Å². The molecule has 1 atom stereocenters. The molecule has 1 aromatic heterocycles. The summed E-state index contributed by atoms with van der Waals surface area (Å²) in [6, 6.07) is 2.02. The van der Waals surface area contributed by atoms with Crippen LogP contribution in [0.1, 0.15) is 18.9 Å². The molecule has 1 aromatic rings. The minimum atomic E-state index is -0.716. The van der Waals surface area contributed by atoms with Crippen molar-refractivity contribution >= 4 is 5.97 Å². The van der Waals surface area contributed by atoms with Gasteiger partial charge in [0, 0.05) is 18.9 Å². The van der Waals surface area contributed by atoms with E-state index in [-0.39, 0.29) is 5.92 Å². The number of nitrogens with one attached hydrogen (secondary N) is 2. The molecule has 1 unspecified atom stereocenters. The molecule has 0 aliphatic heterocycles. The zero-order chi connectivity index (χ0) is 11.1. The molecule has 84 valence electrons. The molecule has 0 spiro atoms. The summed E-state index contributed by atoms with van der Waals surface area (Å²) in [7, 11) is 0. The van der Waals surface area contributed by atoms with Crippen LogP contribution < -0.4 is 5.32 Å². The smallest absolute Gasteiger partial charge is 0.307 e. The monoisotopic (exact) mass is 210 g/mol. The van der Waals surface area contributed by atoms with Gasteiger partial charge in [-0.05, 0) is 31.0 Å². The van der Waals surface area contributed by atoms with Crippen molar-refractivity contribution in [1.82, 2.24) is 10.3 Å². The highest BCUT2D eigenvalue weighted by molar-refractivity contribution is 5.70. The van der Waals surface area contributed by atoms with Gasteiger partial charge >= 0.3 is 5.97 Å². The summed E-state index contributed by atoms with van der Waals surface area (Å²) in [5.74, 6) is -0.983. The topological polar surface area (TPSA) is 65.1 Å². The second kappa shape index (κ2) is 6.24. The summed E-state index contributed by atoms with van der Waals surface area (Å²) >= 11 is 0. The van der Waals surface area contributed by atoms with E-state index in [2.05, 4.69) is 10.3 Å². The Hall–Kier alpha value is -1.29. The lowest BCUT2D eigenvalue weighted by molar-refractivity contribution is -0.141. The second-order valence-electron chi connectivity index (χ2n) is 3.62. The number of hydrogen-bond acceptors (Lipinski definition) is 2. The predicted octanol–water partition coefficient (Wildman–Crippen LogP) is 1.26. The van der Waals surface area contributed by atoms with Gasteiger partial charge in [0.1, 0.15) is 0 Å². The van der Waals surface area contributed by atoms with Gasteiger partial charge in [0.25, 0.3) is 0 Å². The molecule has 0 saturated carbocycles. The second-order valence-corrected chi connectivity index (χ2v) is 3.62. The average molecular weight is 210 g/mol. The Morgan fingerprint density at radius 1 is 1.67 bits per heavy atom. The zero-order valence-corrected chi connectivity index (χ0v) is 8.99. The van der Waals surface area contributed by atoms with E-state index in [4.69, 9.17) is 5.11 Å². The maximum absolute atomic E-state index is 10.7. The van der Waals surface area contributed by atoms with Crippen molar-refractivity contribution in [2.45, 2.75) is 19.8 Å². The summed E-state index contributed by atoms with van der Waals surface area (Å²) in [5, 5.41) is 12.0. The van der Waals surface area contributed by atoms with E-state index in [0.29, 0.717) is 13.0 Å². The molecular weight excluding hydrogens is 192 g/mol. The number of H-pyrrole nitrogens is 1. The van der Waals surface area contributed by atoms with E-state index in [1.807, 2.05) is 25.4 Å². The van der Waals surface area contributed by atoms with Crippen LogP contribution in [0.5, 0.6) is 0 Å². The molecule has 1 rings (SSSR count). The number of hydrogen-bond donors (Lipinski definition) is 3. The van der Waals surface area contributed by atoms with Gasteiger partial charge in [-0.2, -0.15) is 0 Å². The van der Waals surface area contributed by atoms with Crippen LogP contribution in [0.25, 0.3) is 0 Å². The lowest BCUT2D eigenvalue weighted by Gasteiger charge is -2.10. The summed E-state index contributed by atoms with van der Waals surface area (Å²) in [6.45, 7) is 3.27. The van der Waals surface area contributed by atoms with Crippen LogP contribution in [0.2, 0.25) is 0 Å². The Kier molecular flexibility index (Phi) is 4.90. The Bertz CT molecular complexity index is 283. The molecular formula is C11H18N2O2. The first kappa shape index (κ1) is 11.8. The minimum absolute atomic E-state index is 0.267. The fourth-order valence-corrected chi connectivity index (χ4v) is 1.43. The van der Waals surface area contributed by atoms with E-state index in [9.17, 15) is 4.79 Å². The van der Waals surface area contributed by atoms with Crippen LogP contribution in [-0.4, -0.2) is 29.1 Å². The number of rotatable bonds is 7. The first-order valence-corrected chi connectivity index (χ1v) is 5.29. The quantitative estimate of drug-likeness (QED) is 0.593. The van der Waals surface area contributed by atoms with Crippen molar-refractivity contribution in [3.63, 3.8) is 0 Å². The molecule has 0 radical (unpaired) electrons. The normalized spacial score (nSPS) is 12.6. The van der Waals surface area contributed by atoms with Crippen LogP contribution in [0.15, 0.2) is 18.5 Å². The Balaban J connectivity index is 2.13. The number of carbonyl (C=O) groups is 1. The zero-order valence-electron chi connectivity index (χ0n) is 8.99. The standard InChI is InChI=1S/C11H18N2O2/c1-2-10(11(14)15)8-13-6-4-9-3-5-12-7-9/h3,5,7,10,12-13H,2,4,6,8H2,1H3,(H,14,15). The number of aromatic nitrogens is 1. The van der Waals surface area contributed by atoms with E-state index >= 15 is 0 Å². The van der Waals surface area contributed by atoms with Gasteiger partial charge in [-0.15, -0.1) is 0 Å². The summed E-state index contributed by atoms with van der Waals surface area (Å²) < 4.78 is 0. The first-order chi connectivity index (χ1) is 7.24. The first-order valence-electron chi connectivity index (χ1n) is 5.29. The average Bonchev–Trinajstić information content (AvgIpc) is 2.70. The van der Waals surface area contributed by atoms with Gasteiger partial charge in [0.2, 0.25) is 0 Å². The van der Waals surface area contributed by atoms with Crippen molar-refractivity contribution in [3.05, 3.63) is 24.0 Å². The molecule has 15 heavy (non-hydrogen) atoms. The highest BCUT2D eigenvalue weighted by Gasteiger charge is 2.13.